The van der Waals surface area contributed by atoms with Crippen LogP contribution in [-0.2, 0) is 16.1 Å². The van der Waals surface area contributed by atoms with Gasteiger partial charge in [-0.05, 0) is 11.5 Å². The maximum absolute atomic E-state index is 11.8. The lowest BCUT2D eigenvalue weighted by Crippen LogP contribution is -2.49. The summed E-state index contributed by atoms with van der Waals surface area (Å²) >= 11 is 0. The average Bonchev–Trinajstić information content (AvgIpc) is 2.50. The van der Waals surface area contributed by atoms with Gasteiger partial charge in [-0.1, -0.05) is 50.6 Å². The zero-order valence-corrected chi connectivity index (χ0v) is 12.2. The summed E-state index contributed by atoms with van der Waals surface area (Å²) < 4.78 is 4.72. The number of carbonyl (C=O) groups is 2. The van der Waals surface area contributed by atoms with Crippen LogP contribution in [0.5, 0.6) is 0 Å². The third kappa shape index (κ3) is 4.91. The van der Waals surface area contributed by atoms with E-state index in [4.69, 9.17) is 4.74 Å². The lowest BCUT2D eigenvalue weighted by Gasteiger charge is -2.22. The van der Waals surface area contributed by atoms with E-state index in [1.807, 2.05) is 44.2 Å². The number of ether oxygens (including phenoxy) is 1. The first-order chi connectivity index (χ1) is 9.58. The fourth-order valence-electron chi connectivity index (χ4n) is 1.77. The van der Waals surface area contributed by atoms with Gasteiger partial charge in [-0.15, -0.1) is 0 Å². The quantitative estimate of drug-likeness (QED) is 0.783. The first-order valence-electron chi connectivity index (χ1n) is 6.74. The first kappa shape index (κ1) is 16.0. The molecule has 0 saturated carbocycles. The number of benzene rings is 1. The molecule has 0 unspecified atom stereocenters. The topological polar surface area (TPSA) is 67.4 Å². The molecule has 0 fully saturated rings. The molecule has 0 bridgehead atoms. The average molecular weight is 278 g/mol. The van der Waals surface area contributed by atoms with E-state index in [0.29, 0.717) is 6.54 Å². The lowest BCUT2D eigenvalue weighted by molar-refractivity contribution is -0.144. The van der Waals surface area contributed by atoms with Gasteiger partial charge >= 0.3 is 12.0 Å². The molecule has 0 aromatic heterocycles. The molecule has 5 heteroatoms. The predicted octanol–water partition coefficient (Wildman–Crippen LogP) is 2.07. The molecule has 2 amide bonds. The van der Waals surface area contributed by atoms with E-state index in [1.54, 1.807) is 0 Å². The van der Waals surface area contributed by atoms with Gasteiger partial charge in [0.1, 0.15) is 6.04 Å². The van der Waals surface area contributed by atoms with Crippen LogP contribution in [0.3, 0.4) is 0 Å². The van der Waals surface area contributed by atoms with Crippen molar-refractivity contribution in [2.75, 3.05) is 7.11 Å². The molecule has 0 saturated heterocycles. The number of rotatable bonds is 6. The van der Waals surface area contributed by atoms with E-state index >= 15 is 0 Å². The molecule has 1 aromatic rings. The minimum Gasteiger partial charge on any atom is -0.467 e. The number of urea groups is 1. The summed E-state index contributed by atoms with van der Waals surface area (Å²) in [6, 6.07) is 8.58. The van der Waals surface area contributed by atoms with Crippen molar-refractivity contribution in [1.29, 1.82) is 0 Å². The largest absolute Gasteiger partial charge is 0.467 e. The number of methoxy groups -OCH3 is 1. The molecule has 2 N–H and O–H groups in total. The van der Waals surface area contributed by atoms with Crippen molar-refractivity contribution in [2.45, 2.75) is 32.9 Å². The number of amides is 2. The van der Waals surface area contributed by atoms with Crippen LogP contribution in [0.25, 0.3) is 0 Å². The molecule has 0 spiro atoms. The Bertz CT molecular complexity index is 434. The van der Waals surface area contributed by atoms with Gasteiger partial charge in [0.05, 0.1) is 7.11 Å². The molecular weight excluding hydrogens is 256 g/mol. The molecule has 0 aliphatic carbocycles. The highest BCUT2D eigenvalue weighted by Gasteiger charge is 2.26. The van der Waals surface area contributed by atoms with Crippen molar-refractivity contribution in [1.82, 2.24) is 10.6 Å². The van der Waals surface area contributed by atoms with Gasteiger partial charge in [0.2, 0.25) is 0 Å². The Morgan fingerprint density at radius 2 is 1.90 bits per heavy atom. The number of esters is 1. The second-order valence-electron chi connectivity index (χ2n) is 4.70. The smallest absolute Gasteiger partial charge is 0.328 e. The highest BCUT2D eigenvalue weighted by atomic mass is 16.5. The molecule has 5 nitrogen and oxygen atoms in total. The Kier molecular flexibility index (Phi) is 6.56. The Balaban J connectivity index is 2.51. The first-order valence-corrected chi connectivity index (χ1v) is 6.74. The van der Waals surface area contributed by atoms with Gasteiger partial charge < -0.3 is 15.4 Å². The van der Waals surface area contributed by atoms with Gasteiger partial charge in [-0.25, -0.2) is 9.59 Å². The van der Waals surface area contributed by atoms with Gasteiger partial charge in [0.25, 0.3) is 0 Å². The van der Waals surface area contributed by atoms with Crippen LogP contribution in [0.15, 0.2) is 30.3 Å². The van der Waals surface area contributed by atoms with Gasteiger partial charge in [0.15, 0.2) is 0 Å². The van der Waals surface area contributed by atoms with E-state index in [1.165, 1.54) is 7.11 Å². The van der Waals surface area contributed by atoms with Crippen LogP contribution in [-0.4, -0.2) is 25.2 Å². The van der Waals surface area contributed by atoms with Crippen molar-refractivity contribution in [2.24, 2.45) is 5.92 Å². The molecule has 0 aliphatic rings. The standard InChI is InChI=1S/C15H22N2O3/c1-4-11(2)13(14(18)20-3)17-15(19)16-10-12-8-6-5-7-9-12/h5-9,11,13H,4,10H2,1-3H3,(H2,16,17,19)/t11-,13+/m0/s1. The number of carbonyl (C=O) groups excluding carboxylic acids is 2. The van der Waals surface area contributed by atoms with Crippen LogP contribution >= 0.6 is 0 Å². The van der Waals surface area contributed by atoms with Crippen LogP contribution < -0.4 is 10.6 Å². The second kappa shape index (κ2) is 8.19. The molecule has 2 atom stereocenters. The van der Waals surface area contributed by atoms with E-state index in [2.05, 4.69) is 10.6 Å². The summed E-state index contributed by atoms with van der Waals surface area (Å²) in [5.41, 5.74) is 1.00. The summed E-state index contributed by atoms with van der Waals surface area (Å²) in [4.78, 5) is 23.5. The predicted molar refractivity (Wildman–Crippen MR) is 77.1 cm³/mol. The Morgan fingerprint density at radius 3 is 2.45 bits per heavy atom. The van der Waals surface area contributed by atoms with Crippen molar-refractivity contribution in [3.05, 3.63) is 35.9 Å². The van der Waals surface area contributed by atoms with Gasteiger partial charge in [0, 0.05) is 6.54 Å². The summed E-state index contributed by atoms with van der Waals surface area (Å²) in [5, 5.41) is 5.39. The van der Waals surface area contributed by atoms with Crippen LogP contribution in [0, 0.1) is 5.92 Å². The second-order valence-corrected chi connectivity index (χ2v) is 4.70. The SMILES string of the molecule is CC[C@H](C)[C@@H](NC(=O)NCc1ccccc1)C(=O)OC. The Morgan fingerprint density at radius 1 is 1.25 bits per heavy atom. The number of hydrogen-bond donors (Lipinski definition) is 2. The van der Waals surface area contributed by atoms with Crippen LogP contribution in [0.2, 0.25) is 0 Å². The highest BCUT2D eigenvalue weighted by molar-refractivity contribution is 5.83. The molecule has 110 valence electrons. The summed E-state index contributed by atoms with van der Waals surface area (Å²) in [5.74, 6) is -0.404. The monoisotopic (exact) mass is 278 g/mol. The summed E-state index contributed by atoms with van der Waals surface area (Å²) in [7, 11) is 1.32. The fourth-order valence-corrected chi connectivity index (χ4v) is 1.77. The maximum Gasteiger partial charge on any atom is 0.328 e. The maximum atomic E-state index is 11.8. The van der Waals surface area contributed by atoms with Crippen molar-refractivity contribution < 1.29 is 14.3 Å². The van der Waals surface area contributed by atoms with Crippen molar-refractivity contribution in [3.63, 3.8) is 0 Å². The number of hydrogen-bond acceptors (Lipinski definition) is 3. The van der Waals surface area contributed by atoms with Gasteiger partial charge in [-0.2, -0.15) is 0 Å². The summed E-state index contributed by atoms with van der Waals surface area (Å²) in [6.45, 7) is 4.28. The molecule has 1 aromatic carbocycles. The zero-order chi connectivity index (χ0) is 15.0. The highest BCUT2D eigenvalue weighted by Crippen LogP contribution is 2.09. The van der Waals surface area contributed by atoms with Crippen molar-refractivity contribution >= 4 is 12.0 Å². The lowest BCUT2D eigenvalue weighted by atomic mass is 9.99. The molecule has 0 aliphatic heterocycles. The third-order valence-electron chi connectivity index (χ3n) is 3.25. The number of nitrogens with one attached hydrogen (secondary N) is 2. The molecule has 1 rings (SSSR count). The molecule has 0 heterocycles. The van der Waals surface area contributed by atoms with Crippen molar-refractivity contribution in [3.8, 4) is 0 Å². The molecule has 20 heavy (non-hydrogen) atoms. The molecular formula is C15H22N2O3. The zero-order valence-electron chi connectivity index (χ0n) is 12.2. The van der Waals surface area contributed by atoms with Crippen LogP contribution in [0.1, 0.15) is 25.8 Å². The Labute approximate surface area is 119 Å². The van der Waals surface area contributed by atoms with E-state index in [0.717, 1.165) is 12.0 Å². The minimum atomic E-state index is -0.624. The van der Waals surface area contributed by atoms with E-state index in [9.17, 15) is 9.59 Å². The summed E-state index contributed by atoms with van der Waals surface area (Å²) in [6.07, 6.45) is 0.777. The van der Waals surface area contributed by atoms with E-state index < -0.39 is 12.0 Å². The third-order valence-corrected chi connectivity index (χ3v) is 3.25. The normalized spacial score (nSPS) is 13.2. The van der Waals surface area contributed by atoms with E-state index in [-0.39, 0.29) is 11.9 Å². The Hall–Kier alpha value is -2.04. The van der Waals surface area contributed by atoms with Gasteiger partial charge in [-0.3, -0.25) is 0 Å². The van der Waals surface area contributed by atoms with Crippen LogP contribution in [0.4, 0.5) is 4.79 Å². The fraction of sp³-hybridized carbons (Fsp3) is 0.467. The minimum absolute atomic E-state index is 0.0184. The molecule has 0 radical (unpaired) electrons.